The molecule has 0 saturated heterocycles. The molecule has 1 aromatic carbocycles. The van der Waals surface area contributed by atoms with Gasteiger partial charge in [-0.2, -0.15) is 0 Å². The van der Waals surface area contributed by atoms with Crippen molar-refractivity contribution in [2.24, 2.45) is 5.92 Å². The molecule has 1 fully saturated rings. The molecule has 0 spiro atoms. The summed E-state index contributed by atoms with van der Waals surface area (Å²) in [6.45, 7) is 4.39. The zero-order chi connectivity index (χ0) is 12.3. The van der Waals surface area contributed by atoms with E-state index in [2.05, 4.69) is 44.4 Å². The van der Waals surface area contributed by atoms with Crippen molar-refractivity contribution in [3.05, 3.63) is 34.9 Å². The molecule has 94 valence electrons. The molecule has 0 amide bonds. The fourth-order valence-corrected chi connectivity index (χ4v) is 2.65. The summed E-state index contributed by atoms with van der Waals surface area (Å²) in [6.07, 6.45) is 6.87. The normalized spacial score (nSPS) is 17.8. The number of benzene rings is 1. The molecule has 1 aliphatic rings. The molecule has 2 rings (SSSR count). The number of hydrogen-bond acceptors (Lipinski definition) is 1. The lowest BCUT2D eigenvalue weighted by Crippen LogP contribution is -2.32. The van der Waals surface area contributed by atoms with E-state index in [1.807, 2.05) is 0 Å². The Balaban J connectivity index is 1.94. The minimum Gasteiger partial charge on any atom is -0.317 e. The number of aryl methyl sites for hydroxylation is 2. The van der Waals surface area contributed by atoms with Crippen molar-refractivity contribution in [1.82, 2.24) is 5.32 Å². The summed E-state index contributed by atoms with van der Waals surface area (Å²) < 4.78 is 0. The van der Waals surface area contributed by atoms with Gasteiger partial charge in [0.1, 0.15) is 0 Å². The molecule has 1 unspecified atom stereocenters. The first-order chi connectivity index (χ1) is 8.19. The second kappa shape index (κ2) is 5.68. The van der Waals surface area contributed by atoms with Crippen LogP contribution in [0.2, 0.25) is 0 Å². The van der Waals surface area contributed by atoms with Gasteiger partial charge in [0, 0.05) is 6.04 Å². The average Bonchev–Trinajstić information content (AvgIpc) is 2.26. The number of rotatable bonds is 5. The Bertz CT molecular complexity index is 366. The van der Waals surface area contributed by atoms with Crippen molar-refractivity contribution in [3.63, 3.8) is 0 Å². The number of likely N-dealkylation sites (N-methyl/N-ethyl adjacent to an activating group) is 1. The topological polar surface area (TPSA) is 12.0 Å². The van der Waals surface area contributed by atoms with Gasteiger partial charge < -0.3 is 5.32 Å². The maximum absolute atomic E-state index is 3.48. The van der Waals surface area contributed by atoms with Crippen molar-refractivity contribution in [1.29, 1.82) is 0 Å². The molecule has 1 N–H and O–H groups in total. The van der Waals surface area contributed by atoms with E-state index in [0.717, 1.165) is 5.92 Å². The van der Waals surface area contributed by atoms with Gasteiger partial charge in [0.15, 0.2) is 0 Å². The number of hydrogen-bond donors (Lipinski definition) is 1. The minimum atomic E-state index is 0.655. The summed E-state index contributed by atoms with van der Waals surface area (Å²) in [4.78, 5) is 0. The van der Waals surface area contributed by atoms with E-state index in [-0.39, 0.29) is 0 Å². The summed E-state index contributed by atoms with van der Waals surface area (Å²) in [6, 6.07) is 7.54. The number of nitrogens with one attached hydrogen (secondary N) is 1. The van der Waals surface area contributed by atoms with Gasteiger partial charge in [0.25, 0.3) is 0 Å². The van der Waals surface area contributed by atoms with Crippen LogP contribution in [0.25, 0.3) is 0 Å². The van der Waals surface area contributed by atoms with Gasteiger partial charge in [-0.3, -0.25) is 0 Å². The van der Waals surface area contributed by atoms with Crippen LogP contribution in [0.1, 0.15) is 42.4 Å². The second-order valence-corrected chi connectivity index (χ2v) is 5.64. The fourth-order valence-electron chi connectivity index (χ4n) is 2.65. The van der Waals surface area contributed by atoms with E-state index >= 15 is 0 Å². The zero-order valence-corrected chi connectivity index (χ0v) is 11.4. The quantitative estimate of drug-likeness (QED) is 0.816. The van der Waals surface area contributed by atoms with Gasteiger partial charge in [-0.05, 0) is 56.3 Å². The van der Waals surface area contributed by atoms with Crippen LogP contribution < -0.4 is 5.32 Å². The smallest absolute Gasteiger partial charge is 0.0107 e. The molecule has 1 aromatic rings. The summed E-state index contributed by atoms with van der Waals surface area (Å²) in [5, 5.41) is 3.48. The Morgan fingerprint density at radius 3 is 2.53 bits per heavy atom. The van der Waals surface area contributed by atoms with Crippen molar-refractivity contribution in [2.75, 3.05) is 7.05 Å². The third-order valence-corrected chi connectivity index (χ3v) is 4.30. The first-order valence-electron chi connectivity index (χ1n) is 6.92. The van der Waals surface area contributed by atoms with Gasteiger partial charge in [-0.25, -0.2) is 0 Å². The molecular formula is C16H25N. The predicted molar refractivity (Wildman–Crippen MR) is 74.4 cm³/mol. The standard InChI is InChI=1S/C16H25N/c1-12-7-8-15(9-13(12)2)11-16(17-3)10-14-5-4-6-14/h7-9,14,16-17H,4-6,10-11H2,1-3H3. The van der Waals surface area contributed by atoms with Crippen LogP contribution in [-0.2, 0) is 6.42 Å². The molecule has 1 nitrogen and oxygen atoms in total. The molecule has 0 aromatic heterocycles. The molecule has 17 heavy (non-hydrogen) atoms. The van der Waals surface area contributed by atoms with Crippen LogP contribution in [0, 0.1) is 19.8 Å². The summed E-state index contributed by atoms with van der Waals surface area (Å²) >= 11 is 0. The summed E-state index contributed by atoms with van der Waals surface area (Å²) in [5.74, 6) is 0.985. The third-order valence-electron chi connectivity index (χ3n) is 4.30. The molecule has 1 saturated carbocycles. The lowest BCUT2D eigenvalue weighted by atomic mass is 9.80. The molecular weight excluding hydrogens is 206 g/mol. The molecule has 0 aliphatic heterocycles. The van der Waals surface area contributed by atoms with E-state index in [9.17, 15) is 0 Å². The molecule has 1 atom stereocenters. The highest BCUT2D eigenvalue weighted by Crippen LogP contribution is 2.31. The lowest BCUT2D eigenvalue weighted by molar-refractivity contribution is 0.263. The van der Waals surface area contributed by atoms with Crippen LogP contribution in [0.5, 0.6) is 0 Å². The molecule has 1 heteroatoms. The van der Waals surface area contributed by atoms with Gasteiger partial charge in [-0.1, -0.05) is 37.5 Å². The highest BCUT2D eigenvalue weighted by Gasteiger charge is 2.21. The first kappa shape index (κ1) is 12.6. The van der Waals surface area contributed by atoms with Crippen molar-refractivity contribution in [2.45, 2.75) is 52.0 Å². The first-order valence-corrected chi connectivity index (χ1v) is 6.92. The van der Waals surface area contributed by atoms with E-state index < -0.39 is 0 Å². The molecule has 1 aliphatic carbocycles. The van der Waals surface area contributed by atoms with E-state index in [0.29, 0.717) is 6.04 Å². The van der Waals surface area contributed by atoms with Crippen LogP contribution in [0.15, 0.2) is 18.2 Å². The van der Waals surface area contributed by atoms with Crippen LogP contribution in [0.3, 0.4) is 0 Å². The second-order valence-electron chi connectivity index (χ2n) is 5.64. The van der Waals surface area contributed by atoms with Crippen LogP contribution in [0.4, 0.5) is 0 Å². The van der Waals surface area contributed by atoms with Crippen LogP contribution in [-0.4, -0.2) is 13.1 Å². The maximum atomic E-state index is 3.48. The van der Waals surface area contributed by atoms with Crippen LogP contribution >= 0.6 is 0 Å². The van der Waals surface area contributed by atoms with E-state index in [1.165, 1.54) is 48.8 Å². The SMILES string of the molecule is CNC(Cc1ccc(C)c(C)c1)CC1CCC1. The molecule has 0 heterocycles. The van der Waals surface area contributed by atoms with E-state index in [1.54, 1.807) is 0 Å². The monoisotopic (exact) mass is 231 g/mol. The van der Waals surface area contributed by atoms with Crippen molar-refractivity contribution < 1.29 is 0 Å². The summed E-state index contributed by atoms with van der Waals surface area (Å²) in [5.41, 5.74) is 4.29. The highest BCUT2D eigenvalue weighted by atomic mass is 14.9. The highest BCUT2D eigenvalue weighted by molar-refractivity contribution is 5.30. The van der Waals surface area contributed by atoms with E-state index in [4.69, 9.17) is 0 Å². The zero-order valence-electron chi connectivity index (χ0n) is 11.4. The summed E-state index contributed by atoms with van der Waals surface area (Å²) in [7, 11) is 2.10. The molecule has 0 bridgehead atoms. The Labute approximate surface area is 106 Å². The Kier molecular flexibility index (Phi) is 4.22. The minimum absolute atomic E-state index is 0.655. The Hall–Kier alpha value is -0.820. The Morgan fingerprint density at radius 2 is 2.00 bits per heavy atom. The predicted octanol–water partition coefficient (Wildman–Crippen LogP) is 3.62. The molecule has 0 radical (unpaired) electrons. The third kappa shape index (κ3) is 3.32. The lowest BCUT2D eigenvalue weighted by Gasteiger charge is -2.29. The fraction of sp³-hybridized carbons (Fsp3) is 0.625. The average molecular weight is 231 g/mol. The van der Waals surface area contributed by atoms with Gasteiger partial charge >= 0.3 is 0 Å². The largest absolute Gasteiger partial charge is 0.317 e. The maximum Gasteiger partial charge on any atom is 0.0107 e. The van der Waals surface area contributed by atoms with Gasteiger partial charge in [0.05, 0.1) is 0 Å². The van der Waals surface area contributed by atoms with Crippen molar-refractivity contribution in [3.8, 4) is 0 Å². The van der Waals surface area contributed by atoms with Gasteiger partial charge in [-0.15, -0.1) is 0 Å². The Morgan fingerprint density at radius 1 is 1.24 bits per heavy atom. The van der Waals surface area contributed by atoms with Gasteiger partial charge in [0.2, 0.25) is 0 Å². The van der Waals surface area contributed by atoms with Crippen molar-refractivity contribution >= 4 is 0 Å².